The first-order valence-electron chi connectivity index (χ1n) is 39.3. The highest BCUT2D eigenvalue weighted by Crippen LogP contribution is 2.29. The summed E-state index contributed by atoms with van der Waals surface area (Å²) in [7, 11) is 0. The summed E-state index contributed by atoms with van der Waals surface area (Å²) < 4.78 is 10.8. The number of phenols is 1. The Morgan fingerprint density at radius 1 is 0.522 bits per heavy atom. The molecular formula is C74H122N12O27. The number of phenolic OH excluding ortho intramolecular Hbond substituents is 1. The molecule has 0 bridgehead atoms. The van der Waals surface area contributed by atoms with Gasteiger partial charge in [-0.2, -0.15) is 0 Å². The molecule has 6 rings (SSSR count). The number of fused-ring (bicyclic) bond motifs is 2. The van der Waals surface area contributed by atoms with E-state index in [-0.39, 0.29) is 75.8 Å². The van der Waals surface area contributed by atoms with Crippen molar-refractivity contribution >= 4 is 65.0 Å². The number of ether oxygens (including phenoxy) is 2. The molecule has 0 saturated carbocycles. The number of hydrogen-bond donors (Lipinski definition) is 24. The molecule has 39 nitrogen and oxygen atoms in total. The molecule has 5 fully saturated rings. The average molecular weight is 1610 g/mol. The average Bonchev–Trinajstić information content (AvgIpc) is 1.80. The number of aliphatic hydroxyl groups is 13. The molecule has 39 heteroatoms. The van der Waals surface area contributed by atoms with Crippen LogP contribution in [0, 0.1) is 11.8 Å². The lowest BCUT2D eigenvalue weighted by Crippen LogP contribution is -2.65. The van der Waals surface area contributed by atoms with Crippen LogP contribution in [0.3, 0.4) is 0 Å². The maximum Gasteiger partial charge on any atom is 0.248 e. The molecule has 5 heterocycles. The number of nitrogens with zero attached hydrogens (tertiary/aromatic N) is 2. The molecule has 24 N–H and O–H groups in total. The number of aromatic hydroxyl groups is 1. The van der Waals surface area contributed by atoms with Crippen LogP contribution >= 0.6 is 0 Å². The summed E-state index contributed by atoms with van der Waals surface area (Å²) in [6.45, 7) is 8.24. The molecule has 1 aromatic rings. The summed E-state index contributed by atoms with van der Waals surface area (Å²) in [5, 5.41) is 179. The Labute approximate surface area is 655 Å². The van der Waals surface area contributed by atoms with Crippen LogP contribution in [0.4, 0.5) is 0 Å². The molecule has 0 spiro atoms. The van der Waals surface area contributed by atoms with Crippen molar-refractivity contribution in [3.8, 4) is 5.75 Å². The Hall–Kier alpha value is -7.45. The lowest BCUT2D eigenvalue weighted by Gasteiger charge is -2.39. The summed E-state index contributed by atoms with van der Waals surface area (Å²) in [6, 6.07) is -7.93. The smallest absolute Gasteiger partial charge is 0.248 e. The first kappa shape index (κ1) is 94.4. The molecule has 0 aliphatic carbocycles. The van der Waals surface area contributed by atoms with Crippen LogP contribution in [0.15, 0.2) is 24.3 Å². The van der Waals surface area contributed by atoms with Crippen LogP contribution in [-0.4, -0.2) is 319 Å². The normalized spacial score (nSPS) is 31.3. The number of rotatable bonds is 35. The van der Waals surface area contributed by atoms with E-state index in [4.69, 9.17) is 9.47 Å². The second-order valence-electron chi connectivity index (χ2n) is 30.7. The molecule has 5 aliphatic heterocycles. The second kappa shape index (κ2) is 45.7. The highest BCUT2D eigenvalue weighted by atomic mass is 16.6. The Kier molecular flexibility index (Phi) is 38.2. The van der Waals surface area contributed by atoms with Crippen LogP contribution in [0.1, 0.15) is 182 Å². The van der Waals surface area contributed by atoms with Gasteiger partial charge in [0.25, 0.3) is 0 Å². The van der Waals surface area contributed by atoms with E-state index in [0.29, 0.717) is 24.7 Å². The summed E-state index contributed by atoms with van der Waals surface area (Å²) in [5.41, 5.74) is -0.167. The Morgan fingerprint density at radius 3 is 1.61 bits per heavy atom. The van der Waals surface area contributed by atoms with Crippen molar-refractivity contribution in [1.82, 2.24) is 63.0 Å². The van der Waals surface area contributed by atoms with Crippen LogP contribution in [0.25, 0.3) is 0 Å². The summed E-state index contributed by atoms with van der Waals surface area (Å²) in [5.74, 6) is -10.5. The maximum atomic E-state index is 15.4. The standard InChI is InChI=1S/C74H122N12O27/c1-7-36(2)32-37(3)16-12-10-8-9-11-13-17-51(95)78-44-34-48(92)66(77-30-29-76-50(94)19-15-21-53(97)80-72-65(105)63(103)59(99)40(6)113-72)84-70(109)57-47(91)27-31-85(57)74(111)55(46(90)26-28-75-49(93)18-14-20-52(96)79-71-64(104)62(102)58(98)39(5)112-71)82-69(108)56(61(101)60(100)41-22-24-42(88)25-23-41)83-68(107)45-33-43(89)35-86(45)73(110)54(38(4)87)81-67(44)106/h22-25,36-40,43-48,54-66,71-72,77,87-92,98-105H,7-21,26-35H2,1-6H3,(H,75,93)(H,76,94)(H,78,95)(H,79,96)(H,80,97)(H,81,106)(H,82,108)(H,83,107)(H,84,109)/t36-,37+,38+,39+,40+,43+,44-,45?,46+,47-,48+,54?,55?,56?,57?,58+,59+,60-,61-,62-,63-,64+,65+,66-,71?,72?/m0/s1. The van der Waals surface area contributed by atoms with Gasteiger partial charge in [-0.05, 0) is 88.8 Å². The largest absolute Gasteiger partial charge is 0.508 e. The number of aliphatic hydroxyl groups excluding tert-OH is 13. The second-order valence-corrected chi connectivity index (χ2v) is 30.7. The minimum absolute atomic E-state index is 0.0589. The molecule has 113 heavy (non-hydrogen) atoms. The van der Waals surface area contributed by atoms with E-state index in [1.807, 2.05) is 0 Å². The van der Waals surface area contributed by atoms with Crippen molar-refractivity contribution in [3.63, 3.8) is 0 Å². The Bertz CT molecular complexity index is 3280. The molecule has 5 saturated heterocycles. The third kappa shape index (κ3) is 28.2. The quantitative estimate of drug-likeness (QED) is 0.0281. The number of unbranched alkanes of at least 4 members (excludes halogenated alkanes) is 5. The van der Waals surface area contributed by atoms with E-state index < -0.39 is 250 Å². The number of carbonyl (C=O) groups excluding carboxylic acids is 11. The first-order chi connectivity index (χ1) is 53.4. The molecule has 640 valence electrons. The maximum absolute atomic E-state index is 15.4. The summed E-state index contributed by atoms with van der Waals surface area (Å²) >= 11 is 0. The van der Waals surface area contributed by atoms with Crippen molar-refractivity contribution in [2.24, 2.45) is 11.8 Å². The van der Waals surface area contributed by atoms with Gasteiger partial charge in [-0.1, -0.05) is 77.8 Å². The lowest BCUT2D eigenvalue weighted by atomic mass is 9.91. The number of carbonyl (C=O) groups is 11. The fourth-order valence-corrected chi connectivity index (χ4v) is 14.4. The van der Waals surface area contributed by atoms with Crippen molar-refractivity contribution in [1.29, 1.82) is 0 Å². The van der Waals surface area contributed by atoms with Crippen molar-refractivity contribution in [3.05, 3.63) is 29.8 Å². The van der Waals surface area contributed by atoms with Gasteiger partial charge >= 0.3 is 0 Å². The fraction of sp³-hybridized carbons (Fsp3) is 0.770. The van der Waals surface area contributed by atoms with Crippen LogP contribution in [0.5, 0.6) is 5.75 Å². The van der Waals surface area contributed by atoms with Gasteiger partial charge in [-0.15, -0.1) is 0 Å². The monoisotopic (exact) mass is 1610 g/mol. The van der Waals surface area contributed by atoms with Gasteiger partial charge in [0.15, 0.2) is 12.5 Å². The Balaban J connectivity index is 1.31. The van der Waals surface area contributed by atoms with E-state index in [1.165, 1.54) is 13.8 Å². The van der Waals surface area contributed by atoms with E-state index in [1.54, 1.807) is 0 Å². The molecule has 11 amide bonds. The van der Waals surface area contributed by atoms with Crippen molar-refractivity contribution in [2.75, 3.05) is 32.7 Å². The topological polar surface area (TPSA) is 616 Å². The SMILES string of the molecule is CC[C@H](C)C[C@H](C)CCCCCCCCC(=O)N[C@H]1C[C@@H](O)[C@@H](NCCNC(=O)CCCC(=O)NC2O[C@H](C)[C@@H](O)[C@H](O)[C@H]2O)NC(=O)C2[C@@H](O)CCN2C(=O)C([C@H](O)CCNC(=O)CCCC(=O)NC2O[C@H](C)[C@@H](O)[C@H](O)[C@H]2O)NC(=O)C([C@H](O)[C@@H](O)c2ccc(O)cc2)NC(=O)C2C[C@@H](O)CN2C(=O)C([C@@H](C)O)NC1=O. The zero-order valence-corrected chi connectivity index (χ0v) is 65.0. The molecule has 0 radical (unpaired) electrons. The number of benzene rings is 1. The lowest BCUT2D eigenvalue weighted by molar-refractivity contribution is -0.224. The molecule has 7 unspecified atom stereocenters. The summed E-state index contributed by atoms with van der Waals surface area (Å²) in [4.78, 5) is 158. The van der Waals surface area contributed by atoms with Gasteiger partial charge in [0.2, 0.25) is 65.0 Å². The highest BCUT2D eigenvalue weighted by molar-refractivity contribution is 5.98. The third-order valence-corrected chi connectivity index (χ3v) is 21.4. The minimum atomic E-state index is -2.45. The number of amides is 11. The van der Waals surface area contributed by atoms with Gasteiger partial charge in [-0.3, -0.25) is 58.1 Å². The van der Waals surface area contributed by atoms with Gasteiger partial charge in [0, 0.05) is 77.7 Å². The third-order valence-electron chi connectivity index (χ3n) is 21.4. The predicted molar refractivity (Wildman–Crippen MR) is 397 cm³/mol. The zero-order valence-electron chi connectivity index (χ0n) is 65.0. The molecule has 5 aliphatic rings. The molecule has 1 aromatic carbocycles. The van der Waals surface area contributed by atoms with E-state index >= 15 is 14.4 Å². The number of nitrogens with one attached hydrogen (secondary N) is 10. The minimum Gasteiger partial charge on any atom is -0.508 e. The van der Waals surface area contributed by atoms with Crippen molar-refractivity contribution < 1.29 is 134 Å². The van der Waals surface area contributed by atoms with E-state index in [9.17, 15) is 110 Å². The van der Waals surface area contributed by atoms with Crippen molar-refractivity contribution in [2.45, 2.75) is 316 Å². The molecular weight excluding hydrogens is 1490 g/mol. The number of hydrogen-bond acceptors (Lipinski definition) is 28. The van der Waals surface area contributed by atoms with Gasteiger partial charge in [0.1, 0.15) is 97.0 Å². The predicted octanol–water partition coefficient (Wildman–Crippen LogP) is -6.77. The summed E-state index contributed by atoms with van der Waals surface area (Å²) in [6.07, 6.45) is -26.0. The van der Waals surface area contributed by atoms with Gasteiger partial charge in [0.05, 0.1) is 42.7 Å². The van der Waals surface area contributed by atoms with Crippen LogP contribution < -0.4 is 53.2 Å². The first-order valence-corrected chi connectivity index (χ1v) is 39.3. The zero-order chi connectivity index (χ0) is 83.7. The highest BCUT2D eigenvalue weighted by Gasteiger charge is 2.50. The molecule has 0 aromatic heterocycles. The van der Waals surface area contributed by atoms with Crippen LogP contribution in [-0.2, 0) is 62.2 Å². The fourth-order valence-electron chi connectivity index (χ4n) is 14.4. The molecule has 26 atom stereocenters. The Morgan fingerprint density at radius 2 is 1.04 bits per heavy atom. The van der Waals surface area contributed by atoms with Gasteiger partial charge < -0.3 is 139 Å². The van der Waals surface area contributed by atoms with Gasteiger partial charge in [-0.25, -0.2) is 0 Å². The van der Waals surface area contributed by atoms with E-state index in [0.717, 1.165) is 85.9 Å². The van der Waals surface area contributed by atoms with E-state index in [2.05, 4.69) is 73.9 Å². The van der Waals surface area contributed by atoms with Crippen LogP contribution in [0.2, 0.25) is 0 Å².